The highest BCUT2D eigenvalue weighted by molar-refractivity contribution is 5.83. The third kappa shape index (κ3) is 2.36. The van der Waals surface area contributed by atoms with Gasteiger partial charge in [0.2, 0.25) is 5.91 Å². The van der Waals surface area contributed by atoms with Crippen molar-refractivity contribution in [3.8, 4) is 0 Å². The molecule has 0 heterocycles. The molecule has 1 amide bonds. The molecule has 3 aliphatic carbocycles. The number of carbonyl (C=O) groups excluding carboxylic acids is 1. The van der Waals surface area contributed by atoms with E-state index >= 15 is 0 Å². The molecular weight excluding hydrogens is 272 g/mol. The van der Waals surface area contributed by atoms with E-state index in [2.05, 4.69) is 24.3 Å². The first-order chi connectivity index (χ1) is 10.8. The van der Waals surface area contributed by atoms with Crippen LogP contribution in [0.4, 0.5) is 0 Å². The van der Waals surface area contributed by atoms with Crippen molar-refractivity contribution < 1.29 is 4.79 Å². The summed E-state index contributed by atoms with van der Waals surface area (Å²) in [6.07, 6.45) is 5.08. The number of hydrogen-bond acceptors (Lipinski definition) is 2. The lowest BCUT2D eigenvalue weighted by atomic mass is 10.0. The molecule has 0 radical (unpaired) electrons. The Morgan fingerprint density at radius 1 is 1.09 bits per heavy atom. The van der Waals surface area contributed by atoms with E-state index in [-0.39, 0.29) is 0 Å². The van der Waals surface area contributed by atoms with E-state index in [1.54, 1.807) is 0 Å². The normalized spacial score (nSPS) is 34.5. The monoisotopic (exact) mass is 298 g/mol. The highest BCUT2D eigenvalue weighted by Gasteiger charge is 2.67. The summed E-state index contributed by atoms with van der Waals surface area (Å²) in [6, 6.07) is 10.4. The van der Waals surface area contributed by atoms with Crippen LogP contribution in [0.2, 0.25) is 0 Å². The van der Waals surface area contributed by atoms with E-state index in [0.717, 1.165) is 36.6 Å². The van der Waals surface area contributed by atoms with Gasteiger partial charge in [-0.15, -0.1) is 0 Å². The third-order valence-corrected chi connectivity index (χ3v) is 6.24. The predicted octanol–water partition coefficient (Wildman–Crippen LogP) is 2.31. The molecule has 0 spiro atoms. The van der Waals surface area contributed by atoms with Gasteiger partial charge < -0.3 is 10.6 Å². The van der Waals surface area contributed by atoms with Gasteiger partial charge in [-0.25, -0.2) is 0 Å². The number of carbonyl (C=O) groups is 1. The fourth-order valence-electron chi connectivity index (χ4n) is 5.26. The largest absolute Gasteiger partial charge is 0.341 e. The van der Waals surface area contributed by atoms with E-state index < -0.39 is 0 Å². The van der Waals surface area contributed by atoms with Crippen molar-refractivity contribution in [2.45, 2.75) is 25.7 Å². The number of nitrogens with two attached hydrogens (primary N) is 1. The summed E-state index contributed by atoms with van der Waals surface area (Å²) in [4.78, 5) is 15.0. The fraction of sp³-hybridized carbons (Fsp3) is 0.632. The summed E-state index contributed by atoms with van der Waals surface area (Å²) >= 11 is 0. The SMILES string of the molecule is NCCN(CCc1ccccc1)C(=O)C1C2C3CCC(C3)C12. The molecule has 0 aromatic heterocycles. The van der Waals surface area contributed by atoms with Gasteiger partial charge in [-0.1, -0.05) is 30.3 Å². The Morgan fingerprint density at radius 2 is 1.77 bits per heavy atom. The summed E-state index contributed by atoms with van der Waals surface area (Å²) in [5.74, 6) is 3.91. The molecule has 3 fully saturated rings. The number of rotatable bonds is 6. The van der Waals surface area contributed by atoms with Crippen molar-refractivity contribution in [3.63, 3.8) is 0 Å². The minimum absolute atomic E-state index is 0.341. The topological polar surface area (TPSA) is 46.3 Å². The van der Waals surface area contributed by atoms with Crippen LogP contribution in [-0.4, -0.2) is 30.4 Å². The van der Waals surface area contributed by atoms with Crippen LogP contribution in [0.25, 0.3) is 0 Å². The number of amides is 1. The Labute approximate surface area is 132 Å². The highest BCUT2D eigenvalue weighted by Crippen LogP contribution is 2.69. The number of nitrogens with zero attached hydrogens (tertiary/aromatic N) is 1. The van der Waals surface area contributed by atoms with Gasteiger partial charge in [-0.05, 0) is 54.9 Å². The van der Waals surface area contributed by atoms with Crippen LogP contribution in [0, 0.1) is 29.6 Å². The van der Waals surface area contributed by atoms with Crippen molar-refractivity contribution in [3.05, 3.63) is 35.9 Å². The van der Waals surface area contributed by atoms with Crippen LogP contribution in [0.15, 0.2) is 30.3 Å². The molecule has 1 aromatic rings. The second kappa shape index (κ2) is 5.69. The van der Waals surface area contributed by atoms with E-state index in [9.17, 15) is 4.79 Å². The fourth-order valence-corrected chi connectivity index (χ4v) is 5.26. The van der Waals surface area contributed by atoms with Crippen LogP contribution in [0.5, 0.6) is 0 Å². The van der Waals surface area contributed by atoms with Crippen molar-refractivity contribution in [1.29, 1.82) is 0 Å². The minimum atomic E-state index is 0.341. The van der Waals surface area contributed by atoms with Crippen LogP contribution >= 0.6 is 0 Å². The zero-order valence-corrected chi connectivity index (χ0v) is 13.2. The molecule has 2 N–H and O–H groups in total. The van der Waals surface area contributed by atoms with Crippen molar-refractivity contribution in [1.82, 2.24) is 4.90 Å². The smallest absolute Gasteiger partial charge is 0.226 e. The highest BCUT2D eigenvalue weighted by atomic mass is 16.2. The molecule has 3 heteroatoms. The zero-order valence-electron chi connectivity index (χ0n) is 13.2. The molecule has 22 heavy (non-hydrogen) atoms. The van der Waals surface area contributed by atoms with E-state index in [1.165, 1.54) is 24.8 Å². The summed E-state index contributed by atoms with van der Waals surface area (Å²) < 4.78 is 0. The standard InChI is InChI=1S/C19H26N2O/c20-9-11-21(10-8-13-4-2-1-3-5-13)19(22)18-16-14-6-7-15(12-14)17(16)18/h1-5,14-18H,6-12,20H2. The Morgan fingerprint density at radius 3 is 2.41 bits per heavy atom. The second-order valence-corrected chi connectivity index (χ2v) is 7.36. The van der Waals surface area contributed by atoms with Crippen LogP contribution in [0.3, 0.4) is 0 Å². The lowest BCUT2D eigenvalue weighted by Gasteiger charge is -2.23. The van der Waals surface area contributed by atoms with Crippen molar-refractivity contribution in [2.75, 3.05) is 19.6 Å². The molecule has 4 rings (SSSR count). The average molecular weight is 298 g/mol. The molecule has 4 atom stereocenters. The second-order valence-electron chi connectivity index (χ2n) is 7.36. The number of hydrogen-bond donors (Lipinski definition) is 1. The Balaban J connectivity index is 1.38. The van der Waals surface area contributed by atoms with E-state index in [0.29, 0.717) is 24.9 Å². The molecule has 4 unspecified atom stereocenters. The van der Waals surface area contributed by atoms with Gasteiger partial charge in [0.15, 0.2) is 0 Å². The molecule has 2 bridgehead atoms. The maximum atomic E-state index is 12.9. The number of fused-ring (bicyclic) bond motifs is 5. The molecule has 118 valence electrons. The van der Waals surface area contributed by atoms with Gasteiger partial charge in [-0.2, -0.15) is 0 Å². The molecule has 3 aliphatic rings. The quantitative estimate of drug-likeness (QED) is 0.876. The van der Waals surface area contributed by atoms with E-state index in [4.69, 9.17) is 5.73 Å². The zero-order chi connectivity index (χ0) is 15.1. The van der Waals surface area contributed by atoms with Gasteiger partial charge in [0.05, 0.1) is 0 Å². The number of benzene rings is 1. The van der Waals surface area contributed by atoms with Gasteiger partial charge in [-0.3, -0.25) is 4.79 Å². The van der Waals surface area contributed by atoms with Crippen LogP contribution in [0.1, 0.15) is 24.8 Å². The van der Waals surface area contributed by atoms with Crippen LogP contribution in [-0.2, 0) is 11.2 Å². The molecule has 3 saturated carbocycles. The first-order valence-corrected chi connectivity index (χ1v) is 8.82. The maximum Gasteiger partial charge on any atom is 0.226 e. The molecule has 3 nitrogen and oxygen atoms in total. The molecular formula is C19H26N2O. The third-order valence-electron chi connectivity index (χ3n) is 6.24. The van der Waals surface area contributed by atoms with Crippen LogP contribution < -0.4 is 5.73 Å². The Bertz CT molecular complexity index is 528. The van der Waals surface area contributed by atoms with Gasteiger partial charge in [0.25, 0.3) is 0 Å². The lowest BCUT2D eigenvalue weighted by molar-refractivity contribution is -0.133. The minimum Gasteiger partial charge on any atom is -0.341 e. The Kier molecular flexibility index (Phi) is 3.69. The summed E-state index contributed by atoms with van der Waals surface area (Å²) in [6.45, 7) is 2.08. The predicted molar refractivity (Wildman–Crippen MR) is 87.1 cm³/mol. The summed E-state index contributed by atoms with van der Waals surface area (Å²) in [5.41, 5.74) is 7.04. The molecule has 0 aliphatic heterocycles. The summed E-state index contributed by atoms with van der Waals surface area (Å²) in [7, 11) is 0. The Hall–Kier alpha value is -1.35. The molecule has 0 saturated heterocycles. The average Bonchev–Trinajstić information content (AvgIpc) is 2.99. The van der Waals surface area contributed by atoms with Gasteiger partial charge in [0, 0.05) is 25.6 Å². The first-order valence-electron chi connectivity index (χ1n) is 8.82. The first kappa shape index (κ1) is 14.3. The maximum absolute atomic E-state index is 12.9. The van der Waals surface area contributed by atoms with Crippen molar-refractivity contribution >= 4 is 5.91 Å². The van der Waals surface area contributed by atoms with Gasteiger partial charge in [0.1, 0.15) is 0 Å². The van der Waals surface area contributed by atoms with Crippen molar-refractivity contribution in [2.24, 2.45) is 35.3 Å². The molecule has 1 aromatic carbocycles. The summed E-state index contributed by atoms with van der Waals surface area (Å²) in [5, 5.41) is 0. The lowest BCUT2D eigenvalue weighted by Crippen LogP contribution is -2.39. The van der Waals surface area contributed by atoms with Gasteiger partial charge >= 0.3 is 0 Å². The van der Waals surface area contributed by atoms with E-state index in [1.807, 2.05) is 11.0 Å².